The normalized spacial score (nSPS) is 11.0. The molecule has 2 aromatic carbocycles. The van der Waals surface area contributed by atoms with E-state index >= 15 is 0 Å². The Bertz CT molecular complexity index is 873. The highest BCUT2D eigenvalue weighted by Crippen LogP contribution is 2.32. The Balaban J connectivity index is 2.28. The van der Waals surface area contributed by atoms with Gasteiger partial charge in [-0.05, 0) is 24.3 Å². The summed E-state index contributed by atoms with van der Waals surface area (Å²) in [5, 5.41) is 24.9. The first-order chi connectivity index (χ1) is 9.97. The minimum absolute atomic E-state index is 0.0593. The van der Waals surface area contributed by atoms with E-state index in [1.165, 1.54) is 24.3 Å². The molecule has 0 saturated heterocycles. The number of non-ortho nitro benzene ring substituents is 1. The fraction of sp³-hybridized carbons (Fsp3) is 0.0714. The lowest BCUT2D eigenvalue weighted by molar-refractivity contribution is -0.384. The highest BCUT2D eigenvalue weighted by molar-refractivity contribution is 5.94. The second-order valence-corrected chi connectivity index (χ2v) is 4.60. The number of rotatable bonds is 2. The van der Waals surface area contributed by atoms with Gasteiger partial charge in [-0.2, -0.15) is 5.10 Å². The van der Waals surface area contributed by atoms with Crippen molar-refractivity contribution in [3.8, 4) is 17.0 Å². The Kier molecular flexibility index (Phi) is 2.83. The number of phenols is 1. The zero-order valence-electron chi connectivity index (χ0n) is 10.9. The van der Waals surface area contributed by atoms with Gasteiger partial charge >= 0.3 is 0 Å². The van der Waals surface area contributed by atoms with E-state index in [-0.39, 0.29) is 5.69 Å². The first-order valence-electron chi connectivity index (χ1n) is 6.07. The first-order valence-corrected chi connectivity index (χ1v) is 6.07. The van der Waals surface area contributed by atoms with Crippen molar-refractivity contribution in [2.45, 2.75) is 0 Å². The van der Waals surface area contributed by atoms with Crippen molar-refractivity contribution in [2.24, 2.45) is 7.05 Å². The Labute approximate surface area is 118 Å². The van der Waals surface area contributed by atoms with E-state index in [0.29, 0.717) is 22.2 Å². The summed E-state index contributed by atoms with van der Waals surface area (Å²) in [6, 6.07) is 8.28. The molecule has 7 heteroatoms. The molecule has 1 heterocycles. The molecule has 106 valence electrons. The number of aromatic hydroxyl groups is 1. The smallest absolute Gasteiger partial charge is 0.270 e. The average molecular weight is 287 g/mol. The van der Waals surface area contributed by atoms with Crippen molar-refractivity contribution in [2.75, 3.05) is 0 Å². The molecular formula is C14H10FN3O3. The van der Waals surface area contributed by atoms with Gasteiger partial charge in [-0.15, -0.1) is 0 Å². The highest BCUT2D eigenvalue weighted by atomic mass is 19.1. The molecule has 0 fully saturated rings. The van der Waals surface area contributed by atoms with Gasteiger partial charge in [-0.1, -0.05) is 0 Å². The number of benzene rings is 2. The van der Waals surface area contributed by atoms with Gasteiger partial charge in [0.1, 0.15) is 5.69 Å². The fourth-order valence-electron chi connectivity index (χ4n) is 2.23. The molecule has 1 N–H and O–H groups in total. The highest BCUT2D eigenvalue weighted by Gasteiger charge is 2.16. The molecule has 0 amide bonds. The molecule has 1 aromatic heterocycles. The van der Waals surface area contributed by atoms with Crippen LogP contribution in [0.25, 0.3) is 22.2 Å². The van der Waals surface area contributed by atoms with E-state index in [4.69, 9.17) is 0 Å². The maximum Gasteiger partial charge on any atom is 0.270 e. The molecular weight excluding hydrogens is 277 g/mol. The molecule has 21 heavy (non-hydrogen) atoms. The molecule has 0 atom stereocenters. The van der Waals surface area contributed by atoms with Crippen molar-refractivity contribution in [1.82, 2.24) is 9.78 Å². The van der Waals surface area contributed by atoms with E-state index in [1.807, 2.05) is 0 Å². The van der Waals surface area contributed by atoms with Crippen molar-refractivity contribution in [3.63, 3.8) is 0 Å². The summed E-state index contributed by atoms with van der Waals surface area (Å²) in [4.78, 5) is 10.4. The molecule has 0 saturated carbocycles. The van der Waals surface area contributed by atoms with Crippen LogP contribution in [-0.2, 0) is 7.05 Å². The summed E-state index contributed by atoms with van der Waals surface area (Å²) < 4.78 is 15.1. The monoisotopic (exact) mass is 287 g/mol. The van der Waals surface area contributed by atoms with Gasteiger partial charge in [0, 0.05) is 30.1 Å². The summed E-state index contributed by atoms with van der Waals surface area (Å²) >= 11 is 0. The summed E-state index contributed by atoms with van der Waals surface area (Å²) in [6.07, 6.45) is 0. The second-order valence-electron chi connectivity index (χ2n) is 4.60. The fourth-order valence-corrected chi connectivity index (χ4v) is 2.23. The molecule has 3 rings (SSSR count). The number of aryl methyl sites for hydroxylation is 1. The van der Waals surface area contributed by atoms with Gasteiger partial charge in [0.05, 0.1) is 10.4 Å². The number of fused-ring (bicyclic) bond motifs is 1. The van der Waals surface area contributed by atoms with Crippen molar-refractivity contribution in [1.29, 1.82) is 0 Å². The number of hydrogen-bond acceptors (Lipinski definition) is 4. The minimum Gasteiger partial charge on any atom is -0.505 e. The van der Waals surface area contributed by atoms with E-state index in [2.05, 4.69) is 5.10 Å². The standard InChI is InChI=1S/C14H10FN3O3/c1-17-12-4-3-9(18(20)21)7-10(12)14(16-17)8-2-5-13(19)11(15)6-8/h2-7,19H,1H3. The number of hydrogen-bond donors (Lipinski definition) is 1. The van der Waals surface area contributed by atoms with E-state index < -0.39 is 16.5 Å². The second kappa shape index (κ2) is 4.55. The van der Waals surface area contributed by atoms with Crippen LogP contribution in [-0.4, -0.2) is 19.8 Å². The lowest BCUT2D eigenvalue weighted by atomic mass is 10.1. The zero-order valence-corrected chi connectivity index (χ0v) is 10.9. The molecule has 0 aliphatic heterocycles. The predicted octanol–water partition coefficient (Wildman–Crippen LogP) is 2.99. The molecule has 0 bridgehead atoms. The van der Waals surface area contributed by atoms with E-state index in [1.54, 1.807) is 17.8 Å². The lowest BCUT2D eigenvalue weighted by Gasteiger charge is -2.00. The number of nitro benzene ring substituents is 1. The molecule has 0 aliphatic rings. The SMILES string of the molecule is Cn1nc(-c2ccc(O)c(F)c2)c2cc([N+](=O)[O-])ccc21. The number of nitro groups is 1. The summed E-state index contributed by atoms with van der Waals surface area (Å²) in [6.45, 7) is 0. The summed E-state index contributed by atoms with van der Waals surface area (Å²) in [5.41, 5.74) is 1.51. The maximum atomic E-state index is 13.5. The van der Waals surface area contributed by atoms with Crippen LogP contribution in [0.5, 0.6) is 5.75 Å². The third-order valence-electron chi connectivity index (χ3n) is 3.27. The largest absolute Gasteiger partial charge is 0.505 e. The van der Waals surface area contributed by atoms with Crippen LogP contribution in [0.2, 0.25) is 0 Å². The van der Waals surface area contributed by atoms with Gasteiger partial charge in [-0.3, -0.25) is 14.8 Å². The first kappa shape index (κ1) is 13.0. The van der Waals surface area contributed by atoms with Gasteiger partial charge in [0.25, 0.3) is 5.69 Å². The Morgan fingerprint density at radius 3 is 2.71 bits per heavy atom. The van der Waals surface area contributed by atoms with Crippen molar-refractivity contribution >= 4 is 16.6 Å². The third-order valence-corrected chi connectivity index (χ3v) is 3.27. The zero-order chi connectivity index (χ0) is 15.1. The van der Waals surface area contributed by atoms with Crippen LogP contribution in [0.15, 0.2) is 36.4 Å². The molecule has 6 nitrogen and oxygen atoms in total. The summed E-state index contributed by atoms with van der Waals surface area (Å²) in [5.74, 6) is -1.22. The number of nitrogens with zero attached hydrogens (tertiary/aromatic N) is 3. The van der Waals surface area contributed by atoms with Crippen LogP contribution < -0.4 is 0 Å². The number of halogens is 1. The Morgan fingerprint density at radius 2 is 2.05 bits per heavy atom. The maximum absolute atomic E-state index is 13.5. The van der Waals surface area contributed by atoms with Gasteiger partial charge in [0.15, 0.2) is 11.6 Å². The van der Waals surface area contributed by atoms with Crippen LogP contribution in [0.1, 0.15) is 0 Å². The van der Waals surface area contributed by atoms with Crippen LogP contribution >= 0.6 is 0 Å². The molecule has 0 aliphatic carbocycles. The molecule has 0 spiro atoms. The Morgan fingerprint density at radius 1 is 1.29 bits per heavy atom. The topological polar surface area (TPSA) is 81.2 Å². The average Bonchev–Trinajstić information content (AvgIpc) is 2.79. The minimum atomic E-state index is -0.767. The Hall–Kier alpha value is -2.96. The van der Waals surface area contributed by atoms with Crippen LogP contribution in [0.3, 0.4) is 0 Å². The van der Waals surface area contributed by atoms with Crippen LogP contribution in [0.4, 0.5) is 10.1 Å². The molecule has 3 aromatic rings. The number of phenolic OH excluding ortho intramolecular Hbond substituents is 1. The van der Waals surface area contributed by atoms with Crippen molar-refractivity contribution < 1.29 is 14.4 Å². The van der Waals surface area contributed by atoms with Crippen LogP contribution in [0, 0.1) is 15.9 Å². The molecule has 0 radical (unpaired) electrons. The van der Waals surface area contributed by atoms with Crippen molar-refractivity contribution in [3.05, 3.63) is 52.3 Å². The quantitative estimate of drug-likeness (QED) is 0.580. The lowest BCUT2D eigenvalue weighted by Crippen LogP contribution is -1.90. The van der Waals surface area contributed by atoms with E-state index in [0.717, 1.165) is 6.07 Å². The van der Waals surface area contributed by atoms with E-state index in [9.17, 15) is 19.6 Å². The predicted molar refractivity (Wildman–Crippen MR) is 74.4 cm³/mol. The molecule has 0 unspecified atom stereocenters. The third kappa shape index (κ3) is 2.08. The van der Waals surface area contributed by atoms with Gasteiger partial charge in [-0.25, -0.2) is 4.39 Å². The number of aromatic nitrogens is 2. The summed E-state index contributed by atoms with van der Waals surface area (Å²) in [7, 11) is 1.70. The van der Waals surface area contributed by atoms with Gasteiger partial charge in [0.2, 0.25) is 0 Å². The van der Waals surface area contributed by atoms with Gasteiger partial charge < -0.3 is 5.11 Å².